The predicted octanol–water partition coefficient (Wildman–Crippen LogP) is 3.42. The summed E-state index contributed by atoms with van der Waals surface area (Å²) in [6.07, 6.45) is 4.27. The van der Waals surface area contributed by atoms with E-state index < -0.39 is 0 Å². The molecule has 1 nitrogen and oxygen atoms in total. The van der Waals surface area contributed by atoms with E-state index in [-0.39, 0.29) is 0 Å². The number of rotatable bonds is 4. The molecule has 0 saturated carbocycles. The highest BCUT2D eigenvalue weighted by atomic mass is 35.5. The van der Waals surface area contributed by atoms with Gasteiger partial charge >= 0.3 is 0 Å². The van der Waals surface area contributed by atoms with E-state index >= 15 is 0 Å². The SMILES string of the molecule is CCCc1ccc(C(Cl)=CC=O)cc1. The highest BCUT2D eigenvalue weighted by molar-refractivity contribution is 6.49. The molecule has 2 heteroatoms. The van der Waals surface area contributed by atoms with Crippen molar-refractivity contribution >= 4 is 22.9 Å². The Balaban J connectivity index is 2.82. The molecule has 0 amide bonds. The number of hydrogen-bond acceptors (Lipinski definition) is 1. The summed E-state index contributed by atoms with van der Waals surface area (Å²) in [5.74, 6) is 0. The number of carbonyl (C=O) groups is 1. The van der Waals surface area contributed by atoms with Crippen LogP contribution in [0.4, 0.5) is 0 Å². The van der Waals surface area contributed by atoms with E-state index in [0.29, 0.717) is 11.3 Å². The zero-order valence-electron chi connectivity index (χ0n) is 8.16. The molecule has 74 valence electrons. The molecule has 14 heavy (non-hydrogen) atoms. The second-order valence-corrected chi connectivity index (χ2v) is 3.50. The third-order valence-corrected chi connectivity index (χ3v) is 2.33. The van der Waals surface area contributed by atoms with Gasteiger partial charge in [0.05, 0.1) is 5.03 Å². The van der Waals surface area contributed by atoms with Gasteiger partial charge < -0.3 is 0 Å². The Morgan fingerprint density at radius 3 is 2.50 bits per heavy atom. The monoisotopic (exact) mass is 208 g/mol. The Morgan fingerprint density at radius 1 is 1.36 bits per heavy atom. The standard InChI is InChI=1S/C12H13ClO/c1-2-3-10-4-6-11(7-5-10)12(13)8-9-14/h4-9H,2-3H2,1H3. The summed E-state index contributed by atoms with van der Waals surface area (Å²) >= 11 is 5.87. The van der Waals surface area contributed by atoms with Gasteiger partial charge in [-0.15, -0.1) is 0 Å². The van der Waals surface area contributed by atoms with Gasteiger partial charge in [-0.25, -0.2) is 0 Å². The first kappa shape index (κ1) is 11.0. The molecule has 1 aromatic carbocycles. The number of aldehydes is 1. The second kappa shape index (κ2) is 5.61. The van der Waals surface area contributed by atoms with Crippen LogP contribution in [0.2, 0.25) is 0 Å². The van der Waals surface area contributed by atoms with E-state index in [1.165, 1.54) is 11.6 Å². The largest absolute Gasteiger partial charge is 0.299 e. The molecular weight excluding hydrogens is 196 g/mol. The van der Waals surface area contributed by atoms with E-state index in [4.69, 9.17) is 11.6 Å². The summed E-state index contributed by atoms with van der Waals surface area (Å²) in [4.78, 5) is 10.2. The van der Waals surface area contributed by atoms with Crippen molar-refractivity contribution in [2.75, 3.05) is 0 Å². The van der Waals surface area contributed by atoms with Crippen molar-refractivity contribution in [2.24, 2.45) is 0 Å². The zero-order valence-corrected chi connectivity index (χ0v) is 8.92. The summed E-state index contributed by atoms with van der Waals surface area (Å²) in [7, 11) is 0. The molecule has 0 aromatic heterocycles. The lowest BCUT2D eigenvalue weighted by molar-refractivity contribution is -0.104. The van der Waals surface area contributed by atoms with Crippen molar-refractivity contribution in [1.82, 2.24) is 0 Å². The van der Waals surface area contributed by atoms with Gasteiger partial charge in [-0.05, 0) is 23.6 Å². The third-order valence-electron chi connectivity index (χ3n) is 1.98. The summed E-state index contributed by atoms with van der Waals surface area (Å²) in [5, 5.41) is 0.489. The van der Waals surface area contributed by atoms with E-state index in [1.54, 1.807) is 0 Å². The van der Waals surface area contributed by atoms with Gasteiger partial charge in [-0.2, -0.15) is 0 Å². The predicted molar refractivity (Wildman–Crippen MR) is 60.3 cm³/mol. The zero-order chi connectivity index (χ0) is 10.4. The Morgan fingerprint density at radius 2 is 2.00 bits per heavy atom. The van der Waals surface area contributed by atoms with Crippen LogP contribution in [0.3, 0.4) is 0 Å². The van der Waals surface area contributed by atoms with Gasteiger partial charge in [0.15, 0.2) is 0 Å². The molecule has 0 N–H and O–H groups in total. The minimum atomic E-state index is 0.489. The van der Waals surface area contributed by atoms with Gasteiger partial charge in [0, 0.05) is 0 Å². The smallest absolute Gasteiger partial charge is 0.144 e. The van der Waals surface area contributed by atoms with Crippen LogP contribution >= 0.6 is 11.6 Å². The maximum Gasteiger partial charge on any atom is 0.144 e. The first-order valence-electron chi connectivity index (χ1n) is 4.68. The molecular formula is C12H13ClO. The summed E-state index contributed by atoms with van der Waals surface area (Å²) in [5.41, 5.74) is 2.19. The normalized spacial score (nSPS) is 11.4. The van der Waals surface area contributed by atoms with Crippen molar-refractivity contribution < 1.29 is 4.79 Å². The van der Waals surface area contributed by atoms with Crippen LogP contribution in [0.5, 0.6) is 0 Å². The van der Waals surface area contributed by atoms with Crippen molar-refractivity contribution in [1.29, 1.82) is 0 Å². The molecule has 0 atom stereocenters. The number of aryl methyl sites for hydroxylation is 1. The molecule has 0 spiro atoms. The Bertz CT molecular complexity index is 325. The summed E-state index contributed by atoms with van der Waals surface area (Å²) < 4.78 is 0. The van der Waals surface area contributed by atoms with Crippen molar-refractivity contribution in [3.8, 4) is 0 Å². The number of halogens is 1. The minimum absolute atomic E-state index is 0.489. The fraction of sp³-hybridized carbons (Fsp3) is 0.250. The lowest BCUT2D eigenvalue weighted by Gasteiger charge is -2.01. The number of allylic oxidation sites excluding steroid dienone is 1. The van der Waals surface area contributed by atoms with Gasteiger partial charge in [0.1, 0.15) is 6.29 Å². The van der Waals surface area contributed by atoms with Crippen molar-refractivity contribution in [2.45, 2.75) is 19.8 Å². The second-order valence-electron chi connectivity index (χ2n) is 3.10. The first-order valence-corrected chi connectivity index (χ1v) is 5.06. The van der Waals surface area contributed by atoms with Crippen LogP contribution in [0, 0.1) is 0 Å². The molecule has 1 aromatic rings. The highest BCUT2D eigenvalue weighted by Crippen LogP contribution is 2.18. The molecule has 0 radical (unpaired) electrons. The molecule has 0 aliphatic rings. The summed E-state index contributed by atoms with van der Waals surface area (Å²) in [6, 6.07) is 7.96. The molecule has 0 aliphatic heterocycles. The lowest BCUT2D eigenvalue weighted by Crippen LogP contribution is -1.84. The maximum atomic E-state index is 10.2. The van der Waals surface area contributed by atoms with Crippen LogP contribution in [0.1, 0.15) is 24.5 Å². The van der Waals surface area contributed by atoms with E-state index in [0.717, 1.165) is 18.4 Å². The van der Waals surface area contributed by atoms with Crippen LogP contribution in [-0.4, -0.2) is 6.29 Å². The molecule has 1 rings (SSSR count). The third kappa shape index (κ3) is 3.00. The van der Waals surface area contributed by atoms with Gasteiger partial charge in [-0.3, -0.25) is 4.79 Å². The minimum Gasteiger partial charge on any atom is -0.299 e. The number of benzene rings is 1. The Labute approximate surface area is 89.4 Å². The average Bonchev–Trinajstić information content (AvgIpc) is 2.20. The fourth-order valence-corrected chi connectivity index (χ4v) is 1.45. The van der Waals surface area contributed by atoms with Crippen molar-refractivity contribution in [3.05, 3.63) is 41.5 Å². The maximum absolute atomic E-state index is 10.2. The topological polar surface area (TPSA) is 17.1 Å². The van der Waals surface area contributed by atoms with Gasteiger partial charge in [0.25, 0.3) is 0 Å². The van der Waals surface area contributed by atoms with E-state index in [9.17, 15) is 4.79 Å². The molecule has 0 aliphatic carbocycles. The van der Waals surface area contributed by atoms with Crippen molar-refractivity contribution in [3.63, 3.8) is 0 Å². The lowest BCUT2D eigenvalue weighted by atomic mass is 10.1. The summed E-state index contributed by atoms with van der Waals surface area (Å²) in [6.45, 7) is 2.15. The average molecular weight is 209 g/mol. The first-order chi connectivity index (χ1) is 6.77. The molecule has 0 heterocycles. The van der Waals surface area contributed by atoms with Crippen LogP contribution in [0.25, 0.3) is 5.03 Å². The van der Waals surface area contributed by atoms with E-state index in [1.807, 2.05) is 24.3 Å². The Hall–Kier alpha value is -1.08. The van der Waals surface area contributed by atoms with E-state index in [2.05, 4.69) is 6.92 Å². The number of carbonyl (C=O) groups excluding carboxylic acids is 1. The number of hydrogen-bond donors (Lipinski definition) is 0. The van der Waals surface area contributed by atoms with Gasteiger partial charge in [-0.1, -0.05) is 49.2 Å². The van der Waals surface area contributed by atoms with Crippen LogP contribution in [-0.2, 0) is 11.2 Å². The van der Waals surface area contributed by atoms with Crippen LogP contribution < -0.4 is 0 Å². The van der Waals surface area contributed by atoms with Gasteiger partial charge in [0.2, 0.25) is 0 Å². The fourth-order valence-electron chi connectivity index (χ4n) is 1.28. The molecule has 0 saturated heterocycles. The molecule has 0 unspecified atom stereocenters. The highest BCUT2D eigenvalue weighted by Gasteiger charge is 1.97. The van der Waals surface area contributed by atoms with Crippen LogP contribution in [0.15, 0.2) is 30.3 Å². The molecule has 0 bridgehead atoms. The quantitative estimate of drug-likeness (QED) is 0.548. The molecule has 0 fully saturated rings. The Kier molecular flexibility index (Phi) is 4.41.